The van der Waals surface area contributed by atoms with Crippen molar-refractivity contribution < 1.29 is 9.53 Å². The Labute approximate surface area is 148 Å². The second kappa shape index (κ2) is 7.42. The number of piperazine rings is 1. The molecule has 0 aliphatic carbocycles. The van der Waals surface area contributed by atoms with Crippen LogP contribution in [0.5, 0.6) is 5.75 Å². The monoisotopic (exact) mass is 340 g/mol. The first-order chi connectivity index (χ1) is 12.1. The molecule has 2 heterocycles. The molecular weight excluding hydrogens is 316 g/mol. The number of methoxy groups -OCH3 is 1. The van der Waals surface area contributed by atoms with E-state index in [-0.39, 0.29) is 5.91 Å². The lowest BCUT2D eigenvalue weighted by Crippen LogP contribution is -2.46. The first kappa shape index (κ1) is 17.1. The number of hydrogen-bond donors (Lipinski definition) is 0. The predicted octanol–water partition coefficient (Wildman–Crippen LogP) is 2.12. The van der Waals surface area contributed by atoms with Crippen molar-refractivity contribution in [2.75, 3.05) is 57.2 Å². The fraction of sp³-hybridized carbons (Fsp3) is 0.368. The zero-order valence-corrected chi connectivity index (χ0v) is 15.0. The van der Waals surface area contributed by atoms with Gasteiger partial charge in [-0.05, 0) is 24.3 Å². The van der Waals surface area contributed by atoms with Gasteiger partial charge in [-0.3, -0.25) is 9.78 Å². The second-order valence-electron chi connectivity index (χ2n) is 6.24. The molecule has 1 aromatic heterocycles. The van der Waals surface area contributed by atoms with E-state index < -0.39 is 0 Å². The summed E-state index contributed by atoms with van der Waals surface area (Å²) in [6.07, 6.45) is 1.71. The van der Waals surface area contributed by atoms with Gasteiger partial charge in [0.2, 0.25) is 0 Å². The van der Waals surface area contributed by atoms with Crippen LogP contribution in [0.15, 0.2) is 42.6 Å². The summed E-state index contributed by atoms with van der Waals surface area (Å²) in [5.41, 5.74) is 2.65. The first-order valence-electron chi connectivity index (χ1n) is 8.41. The third-order valence-electron chi connectivity index (χ3n) is 4.44. The van der Waals surface area contributed by atoms with E-state index in [1.165, 1.54) is 0 Å². The lowest BCUT2D eigenvalue weighted by molar-refractivity contribution is 0.0822. The largest absolute Gasteiger partial charge is 0.495 e. The van der Waals surface area contributed by atoms with E-state index in [1.54, 1.807) is 32.3 Å². The van der Waals surface area contributed by atoms with E-state index in [1.807, 2.05) is 30.3 Å². The van der Waals surface area contributed by atoms with Crippen molar-refractivity contribution in [3.63, 3.8) is 0 Å². The Balaban J connectivity index is 1.70. The van der Waals surface area contributed by atoms with Crippen molar-refractivity contribution in [1.29, 1.82) is 0 Å². The highest BCUT2D eigenvalue weighted by molar-refractivity contribution is 5.92. The summed E-state index contributed by atoms with van der Waals surface area (Å²) in [6, 6.07) is 11.9. The minimum atomic E-state index is -0.0745. The summed E-state index contributed by atoms with van der Waals surface area (Å²) < 4.78 is 5.47. The van der Waals surface area contributed by atoms with Gasteiger partial charge in [-0.15, -0.1) is 0 Å². The second-order valence-corrected chi connectivity index (χ2v) is 6.24. The number of hydrogen-bond acceptors (Lipinski definition) is 5. The van der Waals surface area contributed by atoms with E-state index in [0.717, 1.165) is 43.3 Å². The van der Waals surface area contributed by atoms with Crippen molar-refractivity contribution in [1.82, 2.24) is 9.88 Å². The molecule has 1 fully saturated rings. The first-order valence-corrected chi connectivity index (χ1v) is 8.41. The van der Waals surface area contributed by atoms with Crippen molar-refractivity contribution in [3.8, 4) is 5.75 Å². The molecule has 0 bridgehead atoms. The molecule has 0 atom stereocenters. The molecule has 25 heavy (non-hydrogen) atoms. The van der Waals surface area contributed by atoms with E-state index >= 15 is 0 Å². The highest BCUT2D eigenvalue weighted by Gasteiger charge is 2.20. The number of pyridine rings is 1. The molecule has 6 nitrogen and oxygen atoms in total. The molecule has 0 unspecified atom stereocenters. The van der Waals surface area contributed by atoms with Crippen LogP contribution in [0.2, 0.25) is 0 Å². The maximum Gasteiger partial charge on any atom is 0.272 e. The van der Waals surface area contributed by atoms with E-state index in [0.29, 0.717) is 5.69 Å². The van der Waals surface area contributed by atoms with Crippen LogP contribution in [0.4, 0.5) is 11.4 Å². The molecular formula is C19H24N4O2. The van der Waals surface area contributed by atoms with Crippen LogP contribution in [0.1, 0.15) is 10.5 Å². The lowest BCUT2D eigenvalue weighted by Gasteiger charge is -2.37. The van der Waals surface area contributed by atoms with E-state index in [9.17, 15) is 4.79 Å². The average molecular weight is 340 g/mol. The molecule has 0 spiro atoms. The fourth-order valence-electron chi connectivity index (χ4n) is 3.06. The topological polar surface area (TPSA) is 48.9 Å². The van der Waals surface area contributed by atoms with Crippen LogP contribution >= 0.6 is 0 Å². The highest BCUT2D eigenvalue weighted by Crippen LogP contribution is 2.29. The van der Waals surface area contributed by atoms with Gasteiger partial charge in [0, 0.05) is 52.2 Å². The molecule has 2 aromatic rings. The molecule has 1 aromatic carbocycles. The lowest BCUT2D eigenvalue weighted by atomic mass is 10.2. The van der Waals surface area contributed by atoms with Crippen molar-refractivity contribution >= 4 is 17.3 Å². The van der Waals surface area contributed by atoms with Gasteiger partial charge in [-0.1, -0.05) is 12.1 Å². The number of amides is 1. The molecule has 0 saturated carbocycles. The Morgan fingerprint density at radius 1 is 1.08 bits per heavy atom. The number of carbonyl (C=O) groups excluding carboxylic acids is 1. The van der Waals surface area contributed by atoms with Crippen LogP contribution in [0.25, 0.3) is 0 Å². The van der Waals surface area contributed by atoms with E-state index in [2.05, 4.69) is 20.9 Å². The highest BCUT2D eigenvalue weighted by atomic mass is 16.5. The number of nitrogens with zero attached hydrogens (tertiary/aromatic N) is 4. The maximum atomic E-state index is 12.1. The Morgan fingerprint density at radius 2 is 1.76 bits per heavy atom. The van der Waals surface area contributed by atoms with Crippen LogP contribution in [0.3, 0.4) is 0 Å². The number of para-hydroxylation sites is 2. The van der Waals surface area contributed by atoms with Crippen LogP contribution in [0, 0.1) is 0 Å². The molecule has 1 aliphatic heterocycles. The molecule has 6 heteroatoms. The summed E-state index contributed by atoms with van der Waals surface area (Å²) in [6.45, 7) is 3.58. The molecule has 3 rings (SSSR count). The van der Waals surface area contributed by atoms with Crippen LogP contribution < -0.4 is 14.5 Å². The van der Waals surface area contributed by atoms with Gasteiger partial charge < -0.3 is 19.4 Å². The number of rotatable bonds is 4. The Morgan fingerprint density at radius 3 is 2.44 bits per heavy atom. The molecule has 0 radical (unpaired) electrons. The SMILES string of the molecule is COc1ccccc1N1CCN(c2ccnc(C(=O)N(C)C)c2)CC1. The Bertz CT molecular complexity index is 740. The van der Waals surface area contributed by atoms with Gasteiger partial charge in [0.05, 0.1) is 12.8 Å². The van der Waals surface area contributed by atoms with Crippen LogP contribution in [-0.4, -0.2) is 63.2 Å². The van der Waals surface area contributed by atoms with Gasteiger partial charge in [-0.2, -0.15) is 0 Å². The summed E-state index contributed by atoms with van der Waals surface area (Å²) >= 11 is 0. The van der Waals surface area contributed by atoms with Gasteiger partial charge in [-0.25, -0.2) is 0 Å². The Kier molecular flexibility index (Phi) is 5.07. The summed E-state index contributed by atoms with van der Waals surface area (Å²) in [7, 11) is 5.18. The van der Waals surface area contributed by atoms with Crippen molar-refractivity contribution in [2.45, 2.75) is 0 Å². The average Bonchev–Trinajstić information content (AvgIpc) is 2.67. The maximum absolute atomic E-state index is 12.1. The Hall–Kier alpha value is -2.76. The zero-order chi connectivity index (χ0) is 17.8. The zero-order valence-electron chi connectivity index (χ0n) is 15.0. The molecule has 1 amide bonds. The minimum Gasteiger partial charge on any atom is -0.495 e. The van der Waals surface area contributed by atoms with Gasteiger partial charge >= 0.3 is 0 Å². The number of ether oxygens (including phenoxy) is 1. The predicted molar refractivity (Wildman–Crippen MR) is 99.7 cm³/mol. The smallest absolute Gasteiger partial charge is 0.272 e. The number of benzene rings is 1. The third kappa shape index (κ3) is 3.68. The third-order valence-corrected chi connectivity index (χ3v) is 4.44. The number of carbonyl (C=O) groups is 1. The normalized spacial score (nSPS) is 14.4. The molecule has 0 N–H and O–H groups in total. The molecule has 1 aliphatic rings. The number of aromatic nitrogens is 1. The quantitative estimate of drug-likeness (QED) is 0.853. The van der Waals surface area contributed by atoms with Gasteiger partial charge in [0.15, 0.2) is 0 Å². The number of anilines is 2. The van der Waals surface area contributed by atoms with Gasteiger partial charge in [0.25, 0.3) is 5.91 Å². The summed E-state index contributed by atoms with van der Waals surface area (Å²) in [5, 5.41) is 0. The van der Waals surface area contributed by atoms with Gasteiger partial charge in [0.1, 0.15) is 11.4 Å². The molecule has 132 valence electrons. The van der Waals surface area contributed by atoms with Crippen molar-refractivity contribution in [3.05, 3.63) is 48.3 Å². The van der Waals surface area contributed by atoms with Crippen LogP contribution in [-0.2, 0) is 0 Å². The molecule has 1 saturated heterocycles. The summed E-state index contributed by atoms with van der Waals surface area (Å²) in [5.74, 6) is 0.827. The fourth-order valence-corrected chi connectivity index (χ4v) is 3.06. The summed E-state index contributed by atoms with van der Waals surface area (Å²) in [4.78, 5) is 22.5. The minimum absolute atomic E-state index is 0.0745. The van der Waals surface area contributed by atoms with E-state index in [4.69, 9.17) is 4.74 Å². The standard InChI is InChI=1S/C19H24N4O2/c1-21(2)19(24)16-14-15(8-9-20-16)22-10-12-23(13-11-22)17-6-4-5-7-18(17)25-3/h4-9,14H,10-13H2,1-3H3. The van der Waals surface area contributed by atoms with Crippen molar-refractivity contribution in [2.24, 2.45) is 0 Å².